The van der Waals surface area contributed by atoms with Crippen molar-refractivity contribution in [1.82, 2.24) is 4.31 Å². The van der Waals surface area contributed by atoms with Gasteiger partial charge in [-0.2, -0.15) is 17.5 Å². The first-order valence-electron chi connectivity index (χ1n) is 9.99. The first-order chi connectivity index (χ1) is 15.2. The van der Waals surface area contributed by atoms with E-state index >= 15 is 0 Å². The second-order valence-electron chi connectivity index (χ2n) is 7.21. The molecular weight excluding hydrogens is 483 g/mol. The number of nitrogens with zero attached hydrogens (tertiary/aromatic N) is 2. The minimum atomic E-state index is -4.42. The predicted molar refractivity (Wildman–Crippen MR) is 121 cm³/mol. The topological polar surface area (TPSA) is 91.2 Å². The standard InChI is InChI=1S/C21H24F3N3O4S.ClH/c22-21(23,24)17-4-1-3-16(13-17)15-31-26-18-7-10-27(11-8-18)32(29,30)20-6-2-5-19(14-20)25-9-12-28;/h1-6,13-14,25,28H,7-12,15H2;1H. The smallest absolute Gasteiger partial charge is 0.395 e. The van der Waals surface area contributed by atoms with E-state index in [0.717, 1.165) is 12.1 Å². The van der Waals surface area contributed by atoms with Gasteiger partial charge in [-0.3, -0.25) is 0 Å². The van der Waals surface area contributed by atoms with Crippen molar-refractivity contribution in [2.75, 3.05) is 31.6 Å². The summed E-state index contributed by atoms with van der Waals surface area (Å²) in [5.41, 5.74) is 0.850. The number of hydrogen-bond donors (Lipinski definition) is 2. The summed E-state index contributed by atoms with van der Waals surface area (Å²) in [6.07, 6.45) is -3.69. The molecule has 0 aliphatic carbocycles. The number of rotatable bonds is 8. The van der Waals surface area contributed by atoms with Crippen LogP contribution in [0.2, 0.25) is 0 Å². The highest BCUT2D eigenvalue weighted by molar-refractivity contribution is 7.89. The van der Waals surface area contributed by atoms with Crippen LogP contribution >= 0.6 is 12.4 Å². The highest BCUT2D eigenvalue weighted by Gasteiger charge is 2.30. The fourth-order valence-corrected chi connectivity index (χ4v) is 4.72. The van der Waals surface area contributed by atoms with Gasteiger partial charge in [-0.15, -0.1) is 12.4 Å². The molecule has 1 fully saturated rings. The number of oxime groups is 1. The number of aliphatic hydroxyl groups is 1. The van der Waals surface area contributed by atoms with Gasteiger partial charge in [-0.25, -0.2) is 8.42 Å². The van der Waals surface area contributed by atoms with E-state index in [1.807, 2.05) is 0 Å². The van der Waals surface area contributed by atoms with E-state index in [1.54, 1.807) is 12.1 Å². The SMILES string of the molecule is Cl.O=S(=O)(c1cccc(NCCO)c1)N1CCC(=NOCc2cccc(C(F)(F)F)c2)CC1. The molecule has 12 heteroatoms. The molecule has 1 aliphatic heterocycles. The van der Waals surface area contributed by atoms with Gasteiger partial charge in [0.15, 0.2) is 0 Å². The number of sulfonamides is 1. The monoisotopic (exact) mass is 507 g/mol. The summed E-state index contributed by atoms with van der Waals surface area (Å²) in [6, 6.07) is 11.2. The average Bonchev–Trinajstić information content (AvgIpc) is 2.78. The molecule has 0 bridgehead atoms. The molecule has 2 aromatic carbocycles. The summed E-state index contributed by atoms with van der Waals surface area (Å²) in [4.78, 5) is 5.36. The van der Waals surface area contributed by atoms with E-state index in [4.69, 9.17) is 9.94 Å². The largest absolute Gasteiger partial charge is 0.416 e. The number of aliphatic hydroxyl groups excluding tert-OH is 1. The fourth-order valence-electron chi connectivity index (χ4n) is 3.23. The molecule has 1 aliphatic rings. The molecule has 0 saturated carbocycles. The predicted octanol–water partition coefficient (Wildman–Crippen LogP) is 3.89. The summed E-state index contributed by atoms with van der Waals surface area (Å²) in [6.45, 7) is 0.586. The van der Waals surface area contributed by atoms with Crippen LogP contribution in [-0.2, 0) is 27.6 Å². The van der Waals surface area contributed by atoms with Gasteiger partial charge >= 0.3 is 6.18 Å². The van der Waals surface area contributed by atoms with Crippen molar-refractivity contribution in [3.05, 3.63) is 59.7 Å². The first kappa shape index (κ1) is 26.9. The lowest BCUT2D eigenvalue weighted by Gasteiger charge is -2.26. The third kappa shape index (κ3) is 7.32. The van der Waals surface area contributed by atoms with Crippen LogP contribution in [0.5, 0.6) is 0 Å². The molecule has 7 nitrogen and oxygen atoms in total. The first-order valence-corrected chi connectivity index (χ1v) is 11.4. The zero-order valence-corrected chi connectivity index (χ0v) is 19.2. The van der Waals surface area contributed by atoms with Gasteiger partial charge in [0, 0.05) is 38.2 Å². The summed E-state index contributed by atoms with van der Waals surface area (Å²) in [7, 11) is -3.69. The van der Waals surface area contributed by atoms with Gasteiger partial charge in [0.1, 0.15) is 6.61 Å². The molecule has 1 saturated heterocycles. The van der Waals surface area contributed by atoms with Crippen LogP contribution in [0.25, 0.3) is 0 Å². The molecule has 2 aromatic rings. The Balaban J connectivity index is 0.00000385. The summed E-state index contributed by atoms with van der Waals surface area (Å²) in [5.74, 6) is 0. The Morgan fingerprint density at radius 1 is 1.09 bits per heavy atom. The second kappa shape index (κ2) is 11.7. The molecule has 2 N–H and O–H groups in total. The summed E-state index contributed by atoms with van der Waals surface area (Å²) < 4.78 is 65.5. The Hall–Kier alpha value is -2.34. The maximum atomic E-state index is 12.9. The molecule has 0 amide bonds. The molecule has 0 radical (unpaired) electrons. The van der Waals surface area contributed by atoms with E-state index in [9.17, 15) is 21.6 Å². The van der Waals surface area contributed by atoms with E-state index in [1.165, 1.54) is 28.6 Å². The highest BCUT2D eigenvalue weighted by Crippen LogP contribution is 2.29. The number of piperidine rings is 1. The number of hydrogen-bond acceptors (Lipinski definition) is 6. The van der Waals surface area contributed by atoms with Gasteiger partial charge in [-0.05, 0) is 35.9 Å². The lowest BCUT2D eigenvalue weighted by molar-refractivity contribution is -0.137. The third-order valence-electron chi connectivity index (χ3n) is 4.89. The zero-order valence-electron chi connectivity index (χ0n) is 17.6. The number of anilines is 1. The quantitative estimate of drug-likeness (QED) is 0.529. The third-order valence-corrected chi connectivity index (χ3v) is 6.79. The molecule has 0 aromatic heterocycles. The van der Waals surface area contributed by atoms with Gasteiger partial charge in [0.2, 0.25) is 10.0 Å². The van der Waals surface area contributed by atoms with Gasteiger partial charge in [0.25, 0.3) is 0 Å². The van der Waals surface area contributed by atoms with Crippen molar-refractivity contribution < 1.29 is 31.5 Å². The Labute approximate surface area is 196 Å². The molecule has 3 rings (SSSR count). The van der Waals surface area contributed by atoms with Crippen molar-refractivity contribution in [2.24, 2.45) is 5.16 Å². The Bertz CT molecular complexity index is 1050. The fraction of sp³-hybridized carbons (Fsp3) is 0.381. The normalized spacial score (nSPS) is 15.0. The van der Waals surface area contributed by atoms with Crippen molar-refractivity contribution in [2.45, 2.75) is 30.5 Å². The minimum absolute atomic E-state index is 0. The highest BCUT2D eigenvalue weighted by atomic mass is 35.5. The van der Waals surface area contributed by atoms with Crippen LogP contribution in [-0.4, -0.2) is 49.8 Å². The van der Waals surface area contributed by atoms with Crippen molar-refractivity contribution in [3.8, 4) is 0 Å². The lowest BCUT2D eigenvalue weighted by Crippen LogP contribution is -2.38. The zero-order chi connectivity index (χ0) is 23.2. The molecule has 1 heterocycles. The Morgan fingerprint density at radius 3 is 2.45 bits per heavy atom. The molecule has 0 atom stereocenters. The minimum Gasteiger partial charge on any atom is -0.395 e. The average molecular weight is 508 g/mol. The number of halogens is 4. The maximum absolute atomic E-state index is 12.9. The van der Waals surface area contributed by atoms with Crippen LogP contribution in [0.15, 0.2) is 58.6 Å². The van der Waals surface area contributed by atoms with E-state index in [2.05, 4.69) is 10.5 Å². The van der Waals surface area contributed by atoms with E-state index in [-0.39, 0.29) is 43.6 Å². The van der Waals surface area contributed by atoms with Crippen LogP contribution < -0.4 is 5.32 Å². The van der Waals surface area contributed by atoms with Crippen molar-refractivity contribution >= 4 is 33.8 Å². The van der Waals surface area contributed by atoms with E-state index in [0.29, 0.717) is 36.3 Å². The van der Waals surface area contributed by atoms with Crippen molar-refractivity contribution in [1.29, 1.82) is 0 Å². The maximum Gasteiger partial charge on any atom is 0.416 e. The van der Waals surface area contributed by atoms with E-state index < -0.39 is 21.8 Å². The number of alkyl halides is 3. The number of nitrogens with one attached hydrogen (secondary N) is 1. The van der Waals surface area contributed by atoms with Gasteiger partial charge in [-0.1, -0.05) is 23.4 Å². The van der Waals surface area contributed by atoms with Crippen molar-refractivity contribution in [3.63, 3.8) is 0 Å². The summed E-state index contributed by atoms with van der Waals surface area (Å²) in [5, 5.41) is 15.8. The van der Waals surface area contributed by atoms with Crippen LogP contribution in [0, 0.1) is 0 Å². The molecule has 0 unspecified atom stereocenters. The van der Waals surface area contributed by atoms with Crippen LogP contribution in [0.1, 0.15) is 24.0 Å². The Morgan fingerprint density at radius 2 is 1.79 bits per heavy atom. The summed E-state index contributed by atoms with van der Waals surface area (Å²) >= 11 is 0. The van der Waals surface area contributed by atoms with Gasteiger partial charge in [0.05, 0.1) is 22.8 Å². The second-order valence-corrected chi connectivity index (χ2v) is 9.15. The van der Waals surface area contributed by atoms with Crippen LogP contribution in [0.3, 0.4) is 0 Å². The number of benzene rings is 2. The van der Waals surface area contributed by atoms with Crippen LogP contribution in [0.4, 0.5) is 18.9 Å². The Kier molecular flexibility index (Phi) is 9.53. The molecular formula is C21H25ClF3N3O4S. The van der Waals surface area contributed by atoms with Gasteiger partial charge < -0.3 is 15.3 Å². The molecule has 182 valence electrons. The molecule has 33 heavy (non-hydrogen) atoms. The molecule has 0 spiro atoms. The lowest BCUT2D eigenvalue weighted by atomic mass is 10.1.